The molecule has 66 heavy (non-hydrogen) atoms. The van der Waals surface area contributed by atoms with E-state index in [1.165, 1.54) is 6.08 Å². The van der Waals surface area contributed by atoms with Crippen LogP contribution in [-0.2, 0) is 38.0 Å². The highest BCUT2D eigenvalue weighted by atomic mass is 16.7. The number of aliphatic hydroxyl groups is 17. The number of carbonyl (C=O) groups excluding carboxylic acids is 1. The fourth-order valence-corrected chi connectivity index (χ4v) is 10.6. The minimum absolute atomic E-state index is 0.0139. The van der Waals surface area contributed by atoms with E-state index in [1.54, 1.807) is 6.08 Å². The smallest absolute Gasteiger partial charge is 0.330 e. The first-order chi connectivity index (χ1) is 31.4. The molecular weight excluding hydrogens is 888 g/mol. The normalized spacial score (nSPS) is 51.6. The summed E-state index contributed by atoms with van der Waals surface area (Å²) in [7, 11) is 0. The summed E-state index contributed by atoms with van der Waals surface area (Å²) in [5, 5.41) is 159. The minimum Gasteiger partial charge on any atom is -0.460 e. The molecule has 7 rings (SSSR count). The van der Waals surface area contributed by atoms with Crippen LogP contribution in [0.2, 0.25) is 0 Å². The lowest BCUT2D eigenvalue weighted by Gasteiger charge is -2.50. The van der Waals surface area contributed by atoms with Crippen LogP contribution < -0.4 is 0 Å². The van der Waals surface area contributed by atoms with Crippen molar-refractivity contribution in [1.82, 2.24) is 0 Å². The number of hydrogen-bond donors (Lipinski definition) is 15. The highest BCUT2D eigenvalue weighted by Crippen LogP contribution is 2.45. The molecule has 0 spiro atoms. The Morgan fingerprint density at radius 3 is 1.61 bits per heavy atom. The van der Waals surface area contributed by atoms with Gasteiger partial charge in [0.05, 0.1) is 49.7 Å². The first kappa shape index (κ1) is 52.2. The van der Waals surface area contributed by atoms with Crippen molar-refractivity contribution in [3.8, 4) is 0 Å². The van der Waals surface area contributed by atoms with Crippen LogP contribution in [0.25, 0.3) is 0 Å². The lowest BCUT2D eigenvalue weighted by molar-refractivity contribution is -0.370. The lowest BCUT2D eigenvalue weighted by Crippen LogP contribution is -2.65. The maximum Gasteiger partial charge on any atom is 0.330 e. The highest BCUT2D eigenvalue weighted by Gasteiger charge is 2.58. The van der Waals surface area contributed by atoms with Gasteiger partial charge in [-0.2, -0.15) is 0 Å². The van der Waals surface area contributed by atoms with Gasteiger partial charge in [-0.15, -0.1) is 0 Å². The monoisotopic (exact) mass is 957 g/mol. The predicted octanol–water partition coefficient (Wildman–Crippen LogP) is -7.23. The molecule has 0 aromatic rings. The maximum atomic E-state index is 12.6. The van der Waals surface area contributed by atoms with Gasteiger partial charge in [0.1, 0.15) is 92.1 Å². The van der Waals surface area contributed by atoms with Crippen LogP contribution in [0.1, 0.15) is 57.8 Å². The van der Waals surface area contributed by atoms with E-state index in [0.29, 0.717) is 25.7 Å². The summed E-state index contributed by atoms with van der Waals surface area (Å²) in [5.41, 5.74) is 0. The Kier molecular flexibility index (Phi) is 17.9. The highest BCUT2D eigenvalue weighted by molar-refractivity contribution is 5.81. The summed E-state index contributed by atoms with van der Waals surface area (Å²) in [6.07, 6.45) is -29.4. The number of rotatable bonds is 13. The van der Waals surface area contributed by atoms with E-state index in [2.05, 4.69) is 0 Å². The minimum atomic E-state index is -1.84. The standard InChI is InChI=1S/C42H68O24/c43-12-25-30(50)33(53)36(56)41(64-25)62-23-8-16(7-20(47)29(23)49)39-24(63-42-37(57)34(54)31(51)26(13-44)65-42)11-19-21(60-39)9-18(46)10-22(19)61-40-38(58)35(55)32(52)27(66-40)14-59-28(48)6-3-15-1-4-17(45)5-2-15/h3,6,15-27,29-47,49-58H,1-2,4-5,7-14H2/p+1/t15?,16?,17?,18?,19?,20?,21?,22?,23?,24?,25-,26-,27-,29?,30-,31-,32-,33+,34+,35+,36-,37-,38-,39?,40-,41-,42-/m1/s1. The van der Waals surface area contributed by atoms with Gasteiger partial charge in [-0.1, -0.05) is 6.08 Å². The average molecular weight is 958 g/mol. The van der Waals surface area contributed by atoms with Crippen molar-refractivity contribution >= 4 is 5.97 Å². The molecule has 0 aromatic heterocycles. The van der Waals surface area contributed by atoms with Crippen molar-refractivity contribution in [3.63, 3.8) is 0 Å². The lowest BCUT2D eigenvalue weighted by atomic mass is 9.72. The van der Waals surface area contributed by atoms with Crippen LogP contribution in [0.3, 0.4) is 0 Å². The number of allylic oxidation sites excluding steroid dienone is 1. The zero-order chi connectivity index (χ0) is 47.7. The molecule has 3 saturated carbocycles. The number of hydrogen-bond acceptors (Lipinski definition) is 23. The fourth-order valence-electron chi connectivity index (χ4n) is 10.6. The topological polar surface area (TPSA) is 398 Å². The van der Waals surface area contributed by atoms with E-state index in [4.69, 9.17) is 37.9 Å². The van der Waals surface area contributed by atoms with Crippen molar-refractivity contribution in [3.05, 3.63) is 12.2 Å². The predicted molar refractivity (Wildman–Crippen MR) is 215 cm³/mol. The van der Waals surface area contributed by atoms with Gasteiger partial charge < -0.3 is 114 Å². The van der Waals surface area contributed by atoms with E-state index in [9.17, 15) is 81.4 Å². The Hall–Kier alpha value is -1.67. The fraction of sp³-hybridized carbons (Fsp3) is 0.929. The first-order valence-electron chi connectivity index (χ1n) is 22.9. The molecule has 0 radical (unpaired) electrons. The van der Waals surface area contributed by atoms with Crippen molar-refractivity contribution in [2.75, 3.05) is 19.8 Å². The van der Waals surface area contributed by atoms with Gasteiger partial charge in [-0.25, -0.2) is 4.79 Å². The largest absolute Gasteiger partial charge is 0.460 e. The zero-order valence-electron chi connectivity index (χ0n) is 36.1. The van der Waals surface area contributed by atoms with Gasteiger partial charge >= 0.3 is 5.97 Å². The molecule has 16 N–H and O–H groups in total. The van der Waals surface area contributed by atoms with Gasteiger partial charge in [0.25, 0.3) is 0 Å². The Bertz CT molecular complexity index is 1570. The molecule has 0 amide bonds. The SMILES string of the molecule is O=C(C=CC1CCC(O)CC1)OC[C@H]1O[C@@H](OC2CC(O)CC3[OH+]C(C4CC(O)C(O)C(O[C@@H]5O[C@H](CO)[C@@H](O)[C@H](O)[C@H]5O)C4)C(O[C@@H]4O[C@H](CO)[C@@H](O)[C@H](O)[C@H]4O)CC23)[C@H](O)[C@@H](O)[C@@H]1O. The second-order valence-electron chi connectivity index (χ2n) is 19.0. The van der Waals surface area contributed by atoms with Crippen molar-refractivity contribution in [1.29, 1.82) is 0 Å². The maximum absolute atomic E-state index is 12.6. The third-order valence-electron chi connectivity index (χ3n) is 14.5. The number of carbonyl (C=O) groups is 1. The Labute approximate surface area is 379 Å². The summed E-state index contributed by atoms with van der Waals surface area (Å²) in [6, 6.07) is 0. The summed E-state index contributed by atoms with van der Waals surface area (Å²) in [4.78, 5) is 12.6. The summed E-state index contributed by atoms with van der Waals surface area (Å²) < 4.78 is 46.0. The number of ether oxygens (including phenoxy) is 8. The van der Waals surface area contributed by atoms with Gasteiger partial charge in [-0.3, -0.25) is 0 Å². The van der Waals surface area contributed by atoms with Gasteiger partial charge in [0, 0.05) is 24.8 Å². The van der Waals surface area contributed by atoms with Crippen molar-refractivity contribution in [2.24, 2.45) is 17.8 Å². The van der Waals surface area contributed by atoms with Gasteiger partial charge in [-0.05, 0) is 50.9 Å². The molecule has 3 aliphatic carbocycles. The Morgan fingerprint density at radius 1 is 0.530 bits per heavy atom. The van der Waals surface area contributed by atoms with Crippen LogP contribution >= 0.6 is 0 Å². The number of fused-ring (bicyclic) bond motifs is 1. The average Bonchev–Trinajstić information content (AvgIpc) is 3.30. The molecule has 4 aliphatic heterocycles. The Balaban J connectivity index is 1.08. The molecule has 4 saturated heterocycles. The molecule has 25 atom stereocenters. The molecule has 380 valence electrons. The number of aliphatic hydroxyl groups excluding tert-OH is 15. The molecule has 7 fully saturated rings. The van der Waals surface area contributed by atoms with Gasteiger partial charge in [0.15, 0.2) is 31.1 Å². The van der Waals surface area contributed by atoms with E-state index in [1.807, 2.05) is 0 Å². The van der Waals surface area contributed by atoms with Crippen LogP contribution in [-0.4, -0.2) is 254 Å². The molecule has 0 bridgehead atoms. The van der Waals surface area contributed by atoms with E-state index in [-0.39, 0.29) is 44.1 Å². The quantitative estimate of drug-likeness (QED) is 0.0463. The molecule has 24 heteroatoms. The van der Waals surface area contributed by atoms with Gasteiger partial charge in [0.2, 0.25) is 0 Å². The van der Waals surface area contributed by atoms with Crippen LogP contribution in [0.5, 0.6) is 0 Å². The third kappa shape index (κ3) is 11.6. The van der Waals surface area contributed by atoms with E-state index < -0.39 is 179 Å². The zero-order valence-corrected chi connectivity index (χ0v) is 36.1. The molecule has 4 heterocycles. The Morgan fingerprint density at radius 2 is 1.05 bits per heavy atom. The summed E-state index contributed by atoms with van der Waals surface area (Å²) >= 11 is 0. The van der Waals surface area contributed by atoms with E-state index >= 15 is 0 Å². The second-order valence-corrected chi connectivity index (χ2v) is 19.0. The molecule has 10 unspecified atom stereocenters. The summed E-state index contributed by atoms with van der Waals surface area (Å²) in [5.74, 6) is -2.10. The molecule has 0 aromatic carbocycles. The molecular formula is C42H69O24+. The third-order valence-corrected chi connectivity index (χ3v) is 14.5. The molecule has 24 nitrogen and oxygen atoms in total. The van der Waals surface area contributed by atoms with Crippen LogP contribution in [0, 0.1) is 17.8 Å². The second kappa shape index (κ2) is 22.6. The van der Waals surface area contributed by atoms with Crippen molar-refractivity contribution < 1.29 is 119 Å². The molecule has 7 aliphatic rings. The van der Waals surface area contributed by atoms with Crippen LogP contribution in [0.15, 0.2) is 12.2 Å². The van der Waals surface area contributed by atoms with Crippen LogP contribution in [0.4, 0.5) is 0 Å². The van der Waals surface area contributed by atoms with Crippen molar-refractivity contribution in [2.45, 2.75) is 205 Å². The summed E-state index contributed by atoms with van der Waals surface area (Å²) in [6.45, 7) is -2.05. The van der Waals surface area contributed by atoms with E-state index in [0.717, 1.165) is 0 Å². The number of esters is 1. The first-order valence-corrected chi connectivity index (χ1v) is 22.9.